The Morgan fingerprint density at radius 2 is 1.77 bits per heavy atom. The molecule has 0 saturated heterocycles. The van der Waals surface area contributed by atoms with Gasteiger partial charge in [-0.05, 0) is 42.7 Å². The maximum atomic E-state index is 12.3. The molecule has 1 fully saturated rings. The van der Waals surface area contributed by atoms with Crippen LogP contribution in [0.1, 0.15) is 39.0 Å². The number of hydrogen-bond donors (Lipinski definition) is 2. The van der Waals surface area contributed by atoms with E-state index in [4.69, 9.17) is 0 Å². The molecule has 1 aliphatic rings. The molecule has 0 radical (unpaired) electrons. The van der Waals surface area contributed by atoms with Crippen molar-refractivity contribution in [3.63, 3.8) is 0 Å². The lowest BCUT2D eigenvalue weighted by Crippen LogP contribution is -2.43. The van der Waals surface area contributed by atoms with Crippen LogP contribution in [0.25, 0.3) is 10.8 Å². The number of nitrogens with one attached hydrogen (secondary N) is 2. The van der Waals surface area contributed by atoms with Crippen molar-refractivity contribution in [3.05, 3.63) is 42.5 Å². The van der Waals surface area contributed by atoms with E-state index in [9.17, 15) is 4.79 Å². The van der Waals surface area contributed by atoms with Gasteiger partial charge in [-0.15, -0.1) is 0 Å². The van der Waals surface area contributed by atoms with Crippen LogP contribution in [0.4, 0.5) is 5.69 Å². The lowest BCUT2D eigenvalue weighted by Gasteiger charge is -2.25. The molecule has 1 saturated carbocycles. The zero-order valence-electron chi connectivity index (χ0n) is 13.1. The van der Waals surface area contributed by atoms with E-state index >= 15 is 0 Å². The smallest absolute Gasteiger partial charge is 0.242 e. The third-order valence-corrected chi connectivity index (χ3v) is 4.48. The summed E-state index contributed by atoms with van der Waals surface area (Å²) in [5.74, 6) is 0.0973. The molecule has 3 heteroatoms. The predicted molar refractivity (Wildman–Crippen MR) is 92.0 cm³/mol. The van der Waals surface area contributed by atoms with Gasteiger partial charge in [0.05, 0.1) is 0 Å². The fraction of sp³-hybridized carbons (Fsp3) is 0.421. The molecule has 0 spiro atoms. The van der Waals surface area contributed by atoms with Gasteiger partial charge in [0, 0.05) is 11.7 Å². The molecule has 22 heavy (non-hydrogen) atoms. The molecule has 116 valence electrons. The summed E-state index contributed by atoms with van der Waals surface area (Å²) in [4.78, 5) is 12.3. The summed E-state index contributed by atoms with van der Waals surface area (Å²) in [5.41, 5.74) is 0.991. The third-order valence-electron chi connectivity index (χ3n) is 4.48. The monoisotopic (exact) mass is 296 g/mol. The van der Waals surface area contributed by atoms with Gasteiger partial charge in [-0.2, -0.15) is 0 Å². The molecule has 2 aromatic carbocycles. The molecule has 0 aliphatic heterocycles. The zero-order valence-corrected chi connectivity index (χ0v) is 13.1. The average molecular weight is 296 g/mol. The van der Waals surface area contributed by atoms with Crippen LogP contribution in [0.3, 0.4) is 0 Å². The standard InChI is InChI=1S/C19H24N2O/c1-14(19(22)21-17-9-3-2-4-10-17)20-18-12-11-15-7-5-6-8-16(15)13-18/h5-8,11-14,17,20H,2-4,9-10H2,1H3,(H,21,22)/t14-/m1/s1. The molecule has 1 amide bonds. The molecular formula is C19H24N2O. The van der Waals surface area contributed by atoms with E-state index in [0.29, 0.717) is 6.04 Å². The Morgan fingerprint density at radius 3 is 2.55 bits per heavy atom. The summed E-state index contributed by atoms with van der Waals surface area (Å²) in [6, 6.07) is 14.6. The van der Waals surface area contributed by atoms with E-state index in [1.165, 1.54) is 30.0 Å². The second-order valence-corrected chi connectivity index (χ2v) is 6.27. The van der Waals surface area contributed by atoms with Crippen LogP contribution in [0.15, 0.2) is 42.5 Å². The number of anilines is 1. The van der Waals surface area contributed by atoms with Crippen molar-refractivity contribution in [2.24, 2.45) is 0 Å². The van der Waals surface area contributed by atoms with Gasteiger partial charge < -0.3 is 10.6 Å². The van der Waals surface area contributed by atoms with Gasteiger partial charge in [0.25, 0.3) is 0 Å². The fourth-order valence-electron chi connectivity index (χ4n) is 3.17. The summed E-state index contributed by atoms with van der Waals surface area (Å²) in [6.45, 7) is 1.92. The Balaban J connectivity index is 1.61. The Kier molecular flexibility index (Phi) is 4.62. The first kappa shape index (κ1) is 14.9. The molecule has 2 aromatic rings. The Hall–Kier alpha value is -2.03. The minimum absolute atomic E-state index is 0.0973. The van der Waals surface area contributed by atoms with Crippen LogP contribution >= 0.6 is 0 Å². The quantitative estimate of drug-likeness (QED) is 0.892. The number of benzene rings is 2. The molecule has 0 aromatic heterocycles. The normalized spacial score (nSPS) is 17.1. The first-order valence-corrected chi connectivity index (χ1v) is 8.28. The summed E-state index contributed by atoms with van der Waals surface area (Å²) in [6.07, 6.45) is 6.01. The van der Waals surface area contributed by atoms with Crippen molar-refractivity contribution in [2.75, 3.05) is 5.32 Å². The number of carbonyl (C=O) groups is 1. The number of carbonyl (C=O) groups excluding carboxylic acids is 1. The lowest BCUT2D eigenvalue weighted by molar-refractivity contribution is -0.122. The number of amides is 1. The lowest BCUT2D eigenvalue weighted by atomic mass is 9.95. The number of rotatable bonds is 4. The van der Waals surface area contributed by atoms with Crippen molar-refractivity contribution >= 4 is 22.4 Å². The Morgan fingerprint density at radius 1 is 1.05 bits per heavy atom. The number of fused-ring (bicyclic) bond motifs is 1. The Labute approximate surface area is 132 Å². The molecule has 0 unspecified atom stereocenters. The first-order chi connectivity index (χ1) is 10.7. The van der Waals surface area contributed by atoms with Crippen molar-refractivity contribution in [2.45, 2.75) is 51.1 Å². The van der Waals surface area contributed by atoms with Crippen molar-refractivity contribution in [1.29, 1.82) is 0 Å². The summed E-state index contributed by atoms with van der Waals surface area (Å²) in [5, 5.41) is 8.89. The van der Waals surface area contributed by atoms with E-state index in [-0.39, 0.29) is 11.9 Å². The molecule has 0 heterocycles. The minimum Gasteiger partial charge on any atom is -0.374 e. The number of hydrogen-bond acceptors (Lipinski definition) is 2. The molecule has 1 aliphatic carbocycles. The summed E-state index contributed by atoms with van der Waals surface area (Å²) < 4.78 is 0. The third kappa shape index (κ3) is 3.59. The van der Waals surface area contributed by atoms with Crippen molar-refractivity contribution < 1.29 is 4.79 Å². The maximum absolute atomic E-state index is 12.3. The molecule has 0 bridgehead atoms. The van der Waals surface area contributed by atoms with Crippen LogP contribution < -0.4 is 10.6 Å². The zero-order chi connectivity index (χ0) is 15.4. The van der Waals surface area contributed by atoms with Gasteiger partial charge in [0.15, 0.2) is 0 Å². The van der Waals surface area contributed by atoms with Gasteiger partial charge in [0.1, 0.15) is 6.04 Å². The van der Waals surface area contributed by atoms with Gasteiger partial charge in [0.2, 0.25) is 5.91 Å². The summed E-state index contributed by atoms with van der Waals surface area (Å²) in [7, 11) is 0. The highest BCUT2D eigenvalue weighted by Gasteiger charge is 2.19. The van der Waals surface area contributed by atoms with Crippen molar-refractivity contribution in [1.82, 2.24) is 5.32 Å². The van der Waals surface area contributed by atoms with E-state index < -0.39 is 0 Å². The van der Waals surface area contributed by atoms with E-state index in [2.05, 4.69) is 34.9 Å². The van der Waals surface area contributed by atoms with Gasteiger partial charge in [-0.3, -0.25) is 4.79 Å². The molecule has 2 N–H and O–H groups in total. The first-order valence-electron chi connectivity index (χ1n) is 8.28. The molecular weight excluding hydrogens is 272 g/mol. The largest absolute Gasteiger partial charge is 0.374 e. The van der Waals surface area contributed by atoms with Crippen LogP contribution in [0.5, 0.6) is 0 Å². The second-order valence-electron chi connectivity index (χ2n) is 6.27. The van der Waals surface area contributed by atoms with E-state index in [1.807, 2.05) is 25.1 Å². The minimum atomic E-state index is -0.219. The highest BCUT2D eigenvalue weighted by molar-refractivity contribution is 5.88. The van der Waals surface area contributed by atoms with E-state index in [1.54, 1.807) is 0 Å². The fourth-order valence-corrected chi connectivity index (χ4v) is 3.17. The van der Waals surface area contributed by atoms with Gasteiger partial charge in [-0.1, -0.05) is 49.6 Å². The molecule has 3 nitrogen and oxygen atoms in total. The summed E-state index contributed by atoms with van der Waals surface area (Å²) >= 11 is 0. The topological polar surface area (TPSA) is 41.1 Å². The molecule has 3 rings (SSSR count). The SMILES string of the molecule is C[C@@H](Nc1ccc2ccccc2c1)C(=O)NC1CCCCC1. The highest BCUT2D eigenvalue weighted by atomic mass is 16.2. The van der Waals surface area contributed by atoms with E-state index in [0.717, 1.165) is 18.5 Å². The maximum Gasteiger partial charge on any atom is 0.242 e. The second kappa shape index (κ2) is 6.82. The van der Waals surface area contributed by atoms with Gasteiger partial charge in [-0.25, -0.2) is 0 Å². The predicted octanol–water partition coefficient (Wildman–Crippen LogP) is 4.09. The van der Waals surface area contributed by atoms with Gasteiger partial charge >= 0.3 is 0 Å². The van der Waals surface area contributed by atoms with Crippen LogP contribution in [0, 0.1) is 0 Å². The van der Waals surface area contributed by atoms with Crippen molar-refractivity contribution in [3.8, 4) is 0 Å². The highest BCUT2D eigenvalue weighted by Crippen LogP contribution is 2.20. The Bertz CT molecular complexity index is 647. The van der Waals surface area contributed by atoms with Crippen LogP contribution in [-0.4, -0.2) is 18.0 Å². The molecule has 1 atom stereocenters. The van der Waals surface area contributed by atoms with Crippen LogP contribution in [-0.2, 0) is 4.79 Å². The van der Waals surface area contributed by atoms with Crippen LogP contribution in [0.2, 0.25) is 0 Å². The average Bonchev–Trinajstić information content (AvgIpc) is 2.55.